The topological polar surface area (TPSA) is 97.0 Å². The number of hydrogen-bond donors (Lipinski definition) is 2. The first kappa shape index (κ1) is 22.1. The average molecular weight is 434 g/mol. The molecule has 2 aromatic carbocycles. The van der Waals surface area contributed by atoms with Crippen LogP contribution in [0.15, 0.2) is 53.4 Å². The zero-order valence-electron chi connectivity index (χ0n) is 17.0. The van der Waals surface area contributed by atoms with Crippen LogP contribution in [0.5, 0.6) is 5.75 Å². The molecule has 30 heavy (non-hydrogen) atoms. The second-order valence-corrected chi connectivity index (χ2v) is 8.48. The van der Waals surface area contributed by atoms with Crippen molar-refractivity contribution >= 4 is 21.6 Å². The largest absolute Gasteiger partial charge is 0.494 e. The summed E-state index contributed by atoms with van der Waals surface area (Å²) in [5.41, 5.74) is 0.848. The Bertz CT molecular complexity index is 924. The molecule has 1 heterocycles. The number of anilines is 1. The van der Waals surface area contributed by atoms with Crippen LogP contribution in [0.1, 0.15) is 17.3 Å². The molecule has 0 aliphatic carbocycles. The van der Waals surface area contributed by atoms with Crippen molar-refractivity contribution in [2.75, 3.05) is 50.7 Å². The van der Waals surface area contributed by atoms with Gasteiger partial charge in [-0.25, -0.2) is 8.42 Å². The van der Waals surface area contributed by atoms with E-state index in [0.29, 0.717) is 43.4 Å². The van der Waals surface area contributed by atoms with Gasteiger partial charge in [-0.15, -0.1) is 0 Å². The molecule has 0 bridgehead atoms. The van der Waals surface area contributed by atoms with Crippen LogP contribution in [0.2, 0.25) is 0 Å². The number of nitrogens with zero attached hydrogens (tertiary/aromatic N) is 1. The van der Waals surface area contributed by atoms with Gasteiger partial charge in [0.2, 0.25) is 0 Å². The summed E-state index contributed by atoms with van der Waals surface area (Å²) in [4.78, 5) is 14.6. The highest BCUT2D eigenvalue weighted by molar-refractivity contribution is 7.92. The molecule has 8 nitrogen and oxygen atoms in total. The quantitative estimate of drug-likeness (QED) is 0.627. The fourth-order valence-corrected chi connectivity index (χ4v) is 4.10. The standard InChI is InChI=1S/C21H27N3O5S/c1-2-29-19-7-5-18(6-8-19)23-30(26,27)20-9-3-17(4-10-20)21(25)22-11-12-24-13-15-28-16-14-24/h3-10,23H,2,11-16H2,1H3,(H,22,25). The second kappa shape index (κ2) is 10.4. The Balaban J connectivity index is 1.54. The van der Waals surface area contributed by atoms with E-state index in [1.807, 2.05) is 6.92 Å². The van der Waals surface area contributed by atoms with Crippen LogP contribution in [0.25, 0.3) is 0 Å². The van der Waals surface area contributed by atoms with Crippen molar-refractivity contribution in [1.82, 2.24) is 10.2 Å². The molecular weight excluding hydrogens is 406 g/mol. The van der Waals surface area contributed by atoms with Gasteiger partial charge in [0, 0.05) is 37.4 Å². The number of rotatable bonds is 9. The second-order valence-electron chi connectivity index (χ2n) is 6.80. The van der Waals surface area contributed by atoms with Gasteiger partial charge in [-0.05, 0) is 55.5 Å². The summed E-state index contributed by atoms with van der Waals surface area (Å²) >= 11 is 0. The molecule has 1 amide bonds. The molecule has 1 aliphatic heterocycles. The highest BCUT2D eigenvalue weighted by Crippen LogP contribution is 2.20. The number of carbonyl (C=O) groups is 1. The fourth-order valence-electron chi connectivity index (χ4n) is 3.04. The van der Waals surface area contributed by atoms with Crippen molar-refractivity contribution < 1.29 is 22.7 Å². The zero-order chi connectivity index (χ0) is 21.4. The number of carbonyl (C=O) groups excluding carboxylic acids is 1. The first-order valence-corrected chi connectivity index (χ1v) is 11.4. The van der Waals surface area contributed by atoms with E-state index in [1.54, 1.807) is 24.3 Å². The predicted octanol–water partition coefficient (Wildman–Crippen LogP) is 1.95. The van der Waals surface area contributed by atoms with E-state index in [2.05, 4.69) is 14.9 Å². The first-order valence-electron chi connectivity index (χ1n) is 9.92. The summed E-state index contributed by atoms with van der Waals surface area (Å²) in [7, 11) is -3.75. The summed E-state index contributed by atoms with van der Waals surface area (Å²) in [6.07, 6.45) is 0. The van der Waals surface area contributed by atoms with Gasteiger partial charge in [0.15, 0.2) is 0 Å². The summed E-state index contributed by atoms with van der Waals surface area (Å²) < 4.78 is 38.3. The van der Waals surface area contributed by atoms with E-state index in [1.165, 1.54) is 24.3 Å². The third kappa shape index (κ3) is 6.19. The molecule has 162 valence electrons. The molecule has 1 aliphatic rings. The molecule has 0 spiro atoms. The number of nitrogens with one attached hydrogen (secondary N) is 2. The molecule has 1 fully saturated rings. The normalized spacial score (nSPS) is 14.8. The summed E-state index contributed by atoms with van der Waals surface area (Å²) in [5.74, 6) is 0.441. The Kier molecular flexibility index (Phi) is 7.67. The monoisotopic (exact) mass is 433 g/mol. The number of hydrogen-bond acceptors (Lipinski definition) is 6. The van der Waals surface area contributed by atoms with Crippen molar-refractivity contribution in [2.24, 2.45) is 0 Å². The Morgan fingerprint density at radius 1 is 1.07 bits per heavy atom. The lowest BCUT2D eigenvalue weighted by atomic mass is 10.2. The van der Waals surface area contributed by atoms with Crippen LogP contribution >= 0.6 is 0 Å². The summed E-state index contributed by atoms with van der Waals surface area (Å²) in [6, 6.07) is 12.5. The molecule has 1 saturated heterocycles. The highest BCUT2D eigenvalue weighted by Gasteiger charge is 2.16. The molecule has 0 unspecified atom stereocenters. The Morgan fingerprint density at radius 2 is 1.73 bits per heavy atom. The van der Waals surface area contributed by atoms with Gasteiger partial charge in [0.05, 0.1) is 24.7 Å². The molecule has 9 heteroatoms. The smallest absolute Gasteiger partial charge is 0.261 e. The van der Waals surface area contributed by atoms with Crippen molar-refractivity contribution in [1.29, 1.82) is 0 Å². The lowest BCUT2D eigenvalue weighted by Crippen LogP contribution is -2.41. The number of benzene rings is 2. The van der Waals surface area contributed by atoms with Gasteiger partial charge in [-0.2, -0.15) is 0 Å². The van der Waals surface area contributed by atoms with Crippen LogP contribution in [-0.2, 0) is 14.8 Å². The number of ether oxygens (including phenoxy) is 2. The minimum absolute atomic E-state index is 0.0845. The molecule has 2 aromatic rings. The highest BCUT2D eigenvalue weighted by atomic mass is 32.2. The van der Waals surface area contributed by atoms with Crippen LogP contribution in [0.3, 0.4) is 0 Å². The number of sulfonamides is 1. The van der Waals surface area contributed by atoms with Gasteiger partial charge in [0.25, 0.3) is 15.9 Å². The lowest BCUT2D eigenvalue weighted by Gasteiger charge is -2.26. The molecule has 0 atom stereocenters. The van der Waals surface area contributed by atoms with Crippen molar-refractivity contribution in [3.63, 3.8) is 0 Å². The maximum atomic E-state index is 12.6. The molecule has 0 radical (unpaired) electrons. The van der Waals surface area contributed by atoms with Crippen LogP contribution < -0.4 is 14.8 Å². The molecular formula is C21H27N3O5S. The van der Waals surface area contributed by atoms with E-state index < -0.39 is 10.0 Å². The van der Waals surface area contributed by atoms with Gasteiger partial charge in [-0.3, -0.25) is 14.4 Å². The van der Waals surface area contributed by atoms with E-state index >= 15 is 0 Å². The number of amides is 1. The minimum Gasteiger partial charge on any atom is -0.494 e. The predicted molar refractivity (Wildman–Crippen MR) is 114 cm³/mol. The van der Waals surface area contributed by atoms with Crippen LogP contribution in [0, 0.1) is 0 Å². The zero-order valence-corrected chi connectivity index (χ0v) is 17.8. The van der Waals surface area contributed by atoms with Crippen molar-refractivity contribution in [3.05, 3.63) is 54.1 Å². The molecule has 0 saturated carbocycles. The van der Waals surface area contributed by atoms with Gasteiger partial charge >= 0.3 is 0 Å². The molecule has 3 rings (SSSR count). The van der Waals surface area contributed by atoms with Gasteiger partial charge in [0.1, 0.15) is 5.75 Å². The number of morpholine rings is 1. The van der Waals surface area contributed by atoms with Crippen LogP contribution in [-0.4, -0.2) is 65.2 Å². The SMILES string of the molecule is CCOc1ccc(NS(=O)(=O)c2ccc(C(=O)NCCN3CCOCC3)cc2)cc1. The van der Waals surface area contributed by atoms with Crippen LogP contribution in [0.4, 0.5) is 5.69 Å². The maximum Gasteiger partial charge on any atom is 0.261 e. The third-order valence-corrected chi connectivity index (χ3v) is 6.06. The lowest BCUT2D eigenvalue weighted by molar-refractivity contribution is 0.0383. The summed E-state index contributed by atoms with van der Waals surface area (Å²) in [6.45, 7) is 6.87. The van der Waals surface area contributed by atoms with Crippen molar-refractivity contribution in [3.8, 4) is 5.75 Å². The Morgan fingerprint density at radius 3 is 2.37 bits per heavy atom. The Hall–Kier alpha value is -2.62. The third-order valence-electron chi connectivity index (χ3n) is 4.66. The molecule has 0 aromatic heterocycles. The minimum atomic E-state index is -3.75. The van der Waals surface area contributed by atoms with E-state index in [4.69, 9.17) is 9.47 Å². The first-order chi connectivity index (χ1) is 14.5. The van der Waals surface area contributed by atoms with Gasteiger partial charge < -0.3 is 14.8 Å². The van der Waals surface area contributed by atoms with Gasteiger partial charge in [-0.1, -0.05) is 0 Å². The van der Waals surface area contributed by atoms with E-state index in [-0.39, 0.29) is 10.8 Å². The average Bonchev–Trinajstić information content (AvgIpc) is 2.76. The molecule has 2 N–H and O–H groups in total. The van der Waals surface area contributed by atoms with E-state index in [0.717, 1.165) is 19.6 Å². The fraction of sp³-hybridized carbons (Fsp3) is 0.381. The van der Waals surface area contributed by atoms with E-state index in [9.17, 15) is 13.2 Å². The van der Waals surface area contributed by atoms with Crippen molar-refractivity contribution in [2.45, 2.75) is 11.8 Å². The summed E-state index contributed by atoms with van der Waals surface area (Å²) in [5, 5.41) is 2.86. The maximum absolute atomic E-state index is 12.6. The Labute approximate surface area is 177 Å².